The number of rotatable bonds is 13. The number of carbonyl (C=O) groups is 1. The molecule has 1 aliphatic rings. The zero-order chi connectivity index (χ0) is 25.8. The highest BCUT2D eigenvalue weighted by atomic mass is 16.5. The van der Waals surface area contributed by atoms with E-state index in [1.165, 1.54) is 62.5 Å². The van der Waals surface area contributed by atoms with Crippen LogP contribution in [0.3, 0.4) is 0 Å². The summed E-state index contributed by atoms with van der Waals surface area (Å²) < 4.78 is 5.75. The van der Waals surface area contributed by atoms with Crippen LogP contribution in [0.2, 0.25) is 0 Å². The summed E-state index contributed by atoms with van der Waals surface area (Å²) >= 11 is 0. The van der Waals surface area contributed by atoms with E-state index in [4.69, 9.17) is 4.74 Å². The van der Waals surface area contributed by atoms with Crippen LogP contribution in [0.25, 0.3) is 0 Å². The minimum Gasteiger partial charge on any atom is -0.425 e. The lowest BCUT2D eigenvalue weighted by molar-refractivity contribution is -0.140. The minimum absolute atomic E-state index is 0.0839. The van der Waals surface area contributed by atoms with Gasteiger partial charge in [0.15, 0.2) is 0 Å². The molecule has 2 aromatic rings. The van der Waals surface area contributed by atoms with Gasteiger partial charge < -0.3 is 4.74 Å². The second-order valence-electron chi connectivity index (χ2n) is 10.9. The number of unbranched alkanes of at least 4 members (excludes halogenated alkanes) is 4. The molecule has 0 radical (unpaired) electrons. The third kappa shape index (κ3) is 8.51. The van der Waals surface area contributed by atoms with Gasteiger partial charge in [-0.05, 0) is 85.6 Å². The molecule has 0 amide bonds. The van der Waals surface area contributed by atoms with Crippen LogP contribution in [0.15, 0.2) is 42.5 Å². The van der Waals surface area contributed by atoms with Crippen molar-refractivity contribution < 1.29 is 9.53 Å². The molecule has 0 aromatic heterocycles. The molecule has 0 heterocycles. The first kappa shape index (κ1) is 28.0. The predicted octanol–water partition coefficient (Wildman–Crippen LogP) is 8.93. The molecule has 3 heteroatoms. The highest BCUT2D eigenvalue weighted by Gasteiger charge is 2.29. The number of nitriles is 1. The molecule has 0 spiro atoms. The fourth-order valence-electron chi connectivity index (χ4n) is 5.50. The molecular weight excluding hydrogens is 442 g/mol. The number of hydrogen-bond acceptors (Lipinski definition) is 3. The summed E-state index contributed by atoms with van der Waals surface area (Å²) in [5.74, 6) is 1.24. The van der Waals surface area contributed by atoms with Gasteiger partial charge in [-0.1, -0.05) is 89.6 Å². The molecule has 1 unspecified atom stereocenters. The number of esters is 1. The van der Waals surface area contributed by atoms with Crippen molar-refractivity contribution in [1.29, 1.82) is 5.26 Å². The van der Waals surface area contributed by atoms with E-state index < -0.39 is 0 Å². The van der Waals surface area contributed by atoms with Crippen LogP contribution < -0.4 is 4.74 Å². The summed E-state index contributed by atoms with van der Waals surface area (Å²) in [4.78, 5) is 12.9. The van der Waals surface area contributed by atoms with Crippen molar-refractivity contribution in [3.05, 3.63) is 64.7 Å². The summed E-state index contributed by atoms with van der Waals surface area (Å²) in [6.07, 6.45) is 14.6. The van der Waals surface area contributed by atoms with E-state index in [2.05, 4.69) is 51.1 Å². The van der Waals surface area contributed by atoms with Gasteiger partial charge in [-0.2, -0.15) is 5.26 Å². The number of ether oxygens (including phenoxy) is 1. The van der Waals surface area contributed by atoms with E-state index >= 15 is 0 Å². The van der Waals surface area contributed by atoms with Crippen molar-refractivity contribution in [1.82, 2.24) is 0 Å². The normalized spacial score (nSPS) is 18.4. The van der Waals surface area contributed by atoms with Crippen LogP contribution in [-0.2, 0) is 17.6 Å². The van der Waals surface area contributed by atoms with Gasteiger partial charge in [0.05, 0.1) is 11.5 Å². The molecule has 0 saturated heterocycles. The third-order valence-corrected chi connectivity index (χ3v) is 7.84. The lowest BCUT2D eigenvalue weighted by Crippen LogP contribution is -2.25. The van der Waals surface area contributed by atoms with Crippen molar-refractivity contribution in [2.24, 2.45) is 11.8 Å². The third-order valence-electron chi connectivity index (χ3n) is 7.84. The lowest BCUT2D eigenvalue weighted by atomic mass is 9.78. The Morgan fingerprint density at radius 1 is 0.944 bits per heavy atom. The summed E-state index contributed by atoms with van der Waals surface area (Å²) in [6.45, 7) is 6.72. The van der Waals surface area contributed by atoms with Gasteiger partial charge in [0.25, 0.3) is 0 Å². The Bertz CT molecular complexity index is 980. The summed E-state index contributed by atoms with van der Waals surface area (Å²) in [7, 11) is 0. The van der Waals surface area contributed by atoms with E-state index in [0.717, 1.165) is 37.7 Å². The molecule has 1 fully saturated rings. The summed E-state index contributed by atoms with van der Waals surface area (Å²) in [5.41, 5.74) is 4.44. The van der Waals surface area contributed by atoms with Crippen LogP contribution in [-0.4, -0.2) is 5.97 Å². The topological polar surface area (TPSA) is 50.1 Å². The van der Waals surface area contributed by atoms with E-state index in [9.17, 15) is 10.1 Å². The second-order valence-corrected chi connectivity index (χ2v) is 10.9. The Kier molecular flexibility index (Phi) is 11.5. The average Bonchev–Trinajstić information content (AvgIpc) is 2.91. The quantitative estimate of drug-likeness (QED) is 0.161. The zero-order valence-corrected chi connectivity index (χ0v) is 22.7. The van der Waals surface area contributed by atoms with Gasteiger partial charge in [0, 0.05) is 0 Å². The first-order valence-corrected chi connectivity index (χ1v) is 14.4. The maximum atomic E-state index is 12.9. The first-order valence-electron chi connectivity index (χ1n) is 14.4. The van der Waals surface area contributed by atoms with E-state index in [-0.39, 0.29) is 11.9 Å². The fraction of sp³-hybridized carbons (Fsp3) is 0.576. The highest BCUT2D eigenvalue weighted by molar-refractivity contribution is 5.76. The Morgan fingerprint density at radius 3 is 2.31 bits per heavy atom. The first-order chi connectivity index (χ1) is 17.5. The van der Waals surface area contributed by atoms with Crippen LogP contribution in [0.1, 0.15) is 120 Å². The van der Waals surface area contributed by atoms with Gasteiger partial charge in [0.1, 0.15) is 11.8 Å². The van der Waals surface area contributed by atoms with Gasteiger partial charge in [-0.3, -0.25) is 4.79 Å². The van der Waals surface area contributed by atoms with Gasteiger partial charge >= 0.3 is 5.97 Å². The molecule has 3 rings (SSSR count). The van der Waals surface area contributed by atoms with Crippen LogP contribution in [0.5, 0.6) is 5.75 Å². The number of nitrogens with zero attached hydrogens (tertiary/aromatic N) is 1. The smallest absolute Gasteiger partial charge is 0.314 e. The summed E-state index contributed by atoms with van der Waals surface area (Å²) in [6, 6.07) is 17.1. The fourth-order valence-corrected chi connectivity index (χ4v) is 5.50. The van der Waals surface area contributed by atoms with Gasteiger partial charge in [0.2, 0.25) is 0 Å². The van der Waals surface area contributed by atoms with E-state index in [0.29, 0.717) is 23.1 Å². The SMILES string of the molecule is CCCCCCc1ccc(C2CCC(C(=O)Oc3ccc(CC(C)CCCC)cc3C#N)CC2)cc1. The van der Waals surface area contributed by atoms with Crippen molar-refractivity contribution in [3.63, 3.8) is 0 Å². The molecule has 0 N–H and O–H groups in total. The average molecular weight is 488 g/mol. The van der Waals surface area contributed by atoms with Crippen LogP contribution in [0.4, 0.5) is 0 Å². The Balaban J connectivity index is 1.49. The molecule has 3 nitrogen and oxygen atoms in total. The number of carbonyl (C=O) groups excluding carboxylic acids is 1. The molecule has 0 bridgehead atoms. The molecule has 0 aliphatic heterocycles. The van der Waals surface area contributed by atoms with Crippen molar-refractivity contribution in [2.45, 2.75) is 110 Å². The Morgan fingerprint density at radius 2 is 1.64 bits per heavy atom. The largest absolute Gasteiger partial charge is 0.425 e. The van der Waals surface area contributed by atoms with Gasteiger partial charge in [-0.15, -0.1) is 0 Å². The zero-order valence-electron chi connectivity index (χ0n) is 22.7. The molecule has 1 aliphatic carbocycles. The standard InChI is InChI=1S/C33H45NO2/c1-4-6-8-9-11-26-12-15-28(16-13-26)29-17-19-30(20-18-29)33(35)36-32-21-14-27(23-31(32)24-34)22-25(3)10-7-5-2/h12-16,21,23,25,29-30H,4-11,17-20,22H2,1-3H3. The van der Waals surface area contributed by atoms with E-state index in [1.807, 2.05) is 18.2 Å². The maximum absolute atomic E-state index is 12.9. The minimum atomic E-state index is -0.184. The molecule has 36 heavy (non-hydrogen) atoms. The number of benzene rings is 2. The lowest BCUT2D eigenvalue weighted by Gasteiger charge is -2.27. The Labute approximate surface area is 219 Å². The maximum Gasteiger partial charge on any atom is 0.314 e. The molecule has 1 atom stereocenters. The molecule has 1 saturated carbocycles. The highest BCUT2D eigenvalue weighted by Crippen LogP contribution is 2.37. The van der Waals surface area contributed by atoms with Crippen LogP contribution >= 0.6 is 0 Å². The van der Waals surface area contributed by atoms with Crippen molar-refractivity contribution >= 4 is 5.97 Å². The van der Waals surface area contributed by atoms with Crippen molar-refractivity contribution in [3.8, 4) is 11.8 Å². The second kappa shape index (κ2) is 14.8. The molecule has 194 valence electrons. The number of hydrogen-bond donors (Lipinski definition) is 0. The molecular formula is C33H45NO2. The van der Waals surface area contributed by atoms with Gasteiger partial charge in [-0.25, -0.2) is 0 Å². The van der Waals surface area contributed by atoms with Crippen LogP contribution in [0, 0.1) is 23.2 Å². The molecule has 2 aromatic carbocycles. The monoisotopic (exact) mass is 487 g/mol. The van der Waals surface area contributed by atoms with Crippen molar-refractivity contribution in [2.75, 3.05) is 0 Å². The predicted molar refractivity (Wildman–Crippen MR) is 148 cm³/mol. The Hall–Kier alpha value is -2.60. The number of aryl methyl sites for hydroxylation is 1. The summed E-state index contributed by atoms with van der Waals surface area (Å²) in [5, 5.41) is 9.65. The van der Waals surface area contributed by atoms with E-state index in [1.54, 1.807) is 0 Å².